The Bertz CT molecular complexity index is 2690. The number of hydrogen-bond donors (Lipinski definition) is 2. The number of aliphatic hydroxyl groups excluding tert-OH is 1. The van der Waals surface area contributed by atoms with Gasteiger partial charge in [0.15, 0.2) is 5.84 Å². The summed E-state index contributed by atoms with van der Waals surface area (Å²) < 4.78 is 41.9. The third kappa shape index (κ3) is 10.7. The fraction of sp³-hybridized carbons (Fsp3) is 0.294. The first kappa shape index (κ1) is 45.9. The number of ether oxygens (including phenoxy) is 2. The van der Waals surface area contributed by atoms with Crippen LogP contribution in [0.25, 0.3) is 23.5 Å². The number of piperidine rings is 2. The first-order chi connectivity index (χ1) is 31.5. The average Bonchev–Trinajstić information content (AvgIpc) is 3.97. The number of rotatable bonds is 11. The van der Waals surface area contributed by atoms with Crippen LogP contribution in [-0.4, -0.2) is 91.9 Å². The molecule has 2 N–H and O–H groups in total. The number of hydrogen-bond acceptors (Lipinski definition) is 8. The first-order valence-electron chi connectivity index (χ1n) is 21.7. The van der Waals surface area contributed by atoms with Gasteiger partial charge in [-0.15, -0.1) is 0 Å². The summed E-state index contributed by atoms with van der Waals surface area (Å²) in [7, 11) is 5.14. The second-order valence-electron chi connectivity index (χ2n) is 16.1. The van der Waals surface area contributed by atoms with E-state index < -0.39 is 6.04 Å². The lowest BCUT2D eigenvalue weighted by Gasteiger charge is -2.37. The van der Waals surface area contributed by atoms with Crippen molar-refractivity contribution in [1.29, 1.82) is 0 Å². The van der Waals surface area contributed by atoms with Gasteiger partial charge in [-0.1, -0.05) is 41.6 Å². The van der Waals surface area contributed by atoms with Crippen molar-refractivity contribution < 1.29 is 28.6 Å². The van der Waals surface area contributed by atoms with Gasteiger partial charge in [0.05, 0.1) is 68.3 Å². The zero-order chi connectivity index (χ0) is 46.0. The van der Waals surface area contributed by atoms with Crippen molar-refractivity contribution in [3.05, 3.63) is 166 Å². The molecular formula is C51H56F2N8O4. The fourth-order valence-corrected chi connectivity index (χ4v) is 8.52. The Hall–Kier alpha value is -7.06. The summed E-state index contributed by atoms with van der Waals surface area (Å²) in [5.41, 5.74) is 9.53. The lowest BCUT2D eigenvalue weighted by molar-refractivity contribution is 0.170. The van der Waals surface area contributed by atoms with Gasteiger partial charge in [0.1, 0.15) is 29.0 Å². The molecule has 2 aliphatic heterocycles. The van der Waals surface area contributed by atoms with E-state index >= 15 is 0 Å². The van der Waals surface area contributed by atoms with Crippen LogP contribution in [0.5, 0.6) is 11.5 Å². The smallest absolute Gasteiger partial charge is 0.171 e. The van der Waals surface area contributed by atoms with Crippen molar-refractivity contribution in [1.82, 2.24) is 28.9 Å². The van der Waals surface area contributed by atoms with Crippen LogP contribution in [0.15, 0.2) is 131 Å². The van der Waals surface area contributed by atoms with Crippen LogP contribution in [0.1, 0.15) is 78.3 Å². The molecule has 4 aromatic carbocycles. The summed E-state index contributed by atoms with van der Waals surface area (Å²) in [6.07, 6.45) is 15.2. The van der Waals surface area contributed by atoms with Crippen LogP contribution in [0, 0.1) is 25.5 Å². The van der Waals surface area contributed by atoms with E-state index in [4.69, 9.17) is 9.47 Å². The number of oxime groups is 1. The van der Waals surface area contributed by atoms with Gasteiger partial charge in [0.25, 0.3) is 0 Å². The normalized spacial score (nSPS) is 17.6. The molecule has 2 unspecified atom stereocenters. The van der Waals surface area contributed by atoms with Crippen LogP contribution < -0.4 is 9.47 Å². The molecule has 2 aromatic heterocycles. The molecule has 12 nitrogen and oxygen atoms in total. The van der Waals surface area contributed by atoms with E-state index in [1.165, 1.54) is 29.8 Å². The van der Waals surface area contributed by atoms with Crippen molar-refractivity contribution in [3.8, 4) is 22.9 Å². The number of methoxy groups -OCH3 is 2. The van der Waals surface area contributed by atoms with Crippen LogP contribution in [0.4, 0.5) is 8.78 Å². The number of likely N-dealkylation sites (tertiary alicyclic amines) is 2. The van der Waals surface area contributed by atoms with Crippen molar-refractivity contribution in [2.24, 2.45) is 10.1 Å². The van der Waals surface area contributed by atoms with Crippen LogP contribution in [-0.2, 0) is 0 Å². The van der Waals surface area contributed by atoms with Crippen molar-refractivity contribution >= 4 is 23.8 Å². The Morgan fingerprint density at radius 1 is 0.692 bits per heavy atom. The van der Waals surface area contributed by atoms with E-state index in [-0.39, 0.29) is 24.3 Å². The maximum absolute atomic E-state index is 13.4. The van der Waals surface area contributed by atoms with Gasteiger partial charge in [-0.05, 0) is 141 Å². The summed E-state index contributed by atoms with van der Waals surface area (Å²) in [4.78, 5) is 17.4. The van der Waals surface area contributed by atoms with Gasteiger partial charge in [0.2, 0.25) is 0 Å². The number of amidine groups is 2. The van der Waals surface area contributed by atoms with Crippen LogP contribution in [0.3, 0.4) is 0 Å². The summed E-state index contributed by atoms with van der Waals surface area (Å²) >= 11 is 0. The van der Waals surface area contributed by atoms with Gasteiger partial charge in [-0.25, -0.2) is 18.7 Å². The Balaban J connectivity index is 0.000000194. The molecule has 2 aliphatic rings. The predicted octanol–water partition coefficient (Wildman–Crippen LogP) is 9.93. The predicted molar refractivity (Wildman–Crippen MR) is 251 cm³/mol. The minimum Gasteiger partial charge on any atom is -0.495 e. The van der Waals surface area contributed by atoms with Gasteiger partial charge >= 0.3 is 0 Å². The molecule has 0 saturated carbocycles. The molecule has 0 bridgehead atoms. The molecule has 0 spiro atoms. The summed E-state index contributed by atoms with van der Waals surface area (Å²) in [6.45, 7) is 7.39. The quantitative estimate of drug-likeness (QED) is 0.0974. The number of imidazole rings is 2. The molecular weight excluding hydrogens is 827 g/mol. The molecule has 14 heteroatoms. The highest BCUT2D eigenvalue weighted by atomic mass is 19.1. The highest BCUT2D eigenvalue weighted by Crippen LogP contribution is 2.33. The molecule has 2 atom stereocenters. The Labute approximate surface area is 379 Å². The molecule has 0 aliphatic carbocycles. The average molecular weight is 883 g/mol. The third-order valence-electron chi connectivity index (χ3n) is 11.8. The Kier molecular flexibility index (Phi) is 14.9. The van der Waals surface area contributed by atoms with Crippen molar-refractivity contribution in [2.75, 3.05) is 41.0 Å². The molecule has 4 heterocycles. The van der Waals surface area contributed by atoms with Crippen molar-refractivity contribution in [3.63, 3.8) is 0 Å². The molecule has 6 aromatic rings. The highest BCUT2D eigenvalue weighted by Gasteiger charge is 2.30. The van der Waals surface area contributed by atoms with E-state index in [2.05, 4.69) is 50.1 Å². The number of aliphatic hydroxyl groups is 1. The SMILES string of the molecule is CN=C1/C(=C/c2ccc(-n3cnc(C)c3)c(OC)c2)CCCN1C(C)c1ccc(F)cc1.COc1cc(/C=C2\CCCN(C(CO)c3ccc(F)cc3)\C2=N\O)ccc1-n1cnc(C)c1. The topological polar surface area (TPSA) is 126 Å². The van der Waals surface area contributed by atoms with E-state index in [1.54, 1.807) is 39.0 Å². The highest BCUT2D eigenvalue weighted by molar-refractivity contribution is 6.03. The van der Waals surface area contributed by atoms with Crippen molar-refractivity contribution in [2.45, 2.75) is 58.5 Å². The Morgan fingerprint density at radius 2 is 1.17 bits per heavy atom. The second-order valence-corrected chi connectivity index (χ2v) is 16.1. The van der Waals surface area contributed by atoms with E-state index in [0.717, 1.165) is 94.4 Å². The van der Waals surface area contributed by atoms with Gasteiger partial charge in [-0.3, -0.25) is 4.99 Å². The van der Waals surface area contributed by atoms with Gasteiger partial charge in [-0.2, -0.15) is 0 Å². The maximum Gasteiger partial charge on any atom is 0.171 e. The number of aryl methyl sites for hydroxylation is 2. The number of halogens is 2. The number of aromatic nitrogens is 4. The molecule has 0 radical (unpaired) electrons. The fourth-order valence-electron chi connectivity index (χ4n) is 8.52. The molecule has 2 saturated heterocycles. The Morgan fingerprint density at radius 3 is 1.60 bits per heavy atom. The maximum atomic E-state index is 13.4. The van der Waals surface area contributed by atoms with Gasteiger partial charge < -0.3 is 38.7 Å². The zero-order valence-electron chi connectivity index (χ0n) is 37.7. The lowest BCUT2D eigenvalue weighted by atomic mass is 9.96. The number of nitrogens with zero attached hydrogens (tertiary/aromatic N) is 8. The molecule has 338 valence electrons. The minimum atomic E-state index is -0.443. The minimum absolute atomic E-state index is 0.111. The monoisotopic (exact) mass is 882 g/mol. The summed E-state index contributed by atoms with van der Waals surface area (Å²) in [5, 5.41) is 23.5. The lowest BCUT2D eigenvalue weighted by Crippen LogP contribution is -2.41. The second kappa shape index (κ2) is 21.1. The first-order valence-corrected chi connectivity index (χ1v) is 21.7. The van der Waals surface area contributed by atoms with E-state index in [1.807, 2.05) is 89.8 Å². The summed E-state index contributed by atoms with van der Waals surface area (Å²) in [5.74, 6) is 2.32. The third-order valence-corrected chi connectivity index (χ3v) is 11.8. The van der Waals surface area contributed by atoms with Crippen LogP contribution in [0.2, 0.25) is 0 Å². The summed E-state index contributed by atoms with van der Waals surface area (Å²) in [6, 6.07) is 24.5. The molecule has 65 heavy (non-hydrogen) atoms. The number of aliphatic imine (C=N–C) groups is 1. The zero-order valence-corrected chi connectivity index (χ0v) is 37.7. The standard InChI is InChI=1S/C26H29FN4O.C25H27FN4O3/c1-18-16-30(17-29-18)24-12-7-20(15-25(24)32-4)14-22-6-5-13-31(26(22)28-3)19(2)21-8-10-23(27)11-9-21;1-17-14-29(16-27-17)22-10-5-18(13-24(22)33-2)12-20-4-3-11-30(25(20)28-32)23(15-31)19-6-8-21(26)9-7-19/h7-12,14-17,19H,5-6,13H2,1-4H3;5-10,12-14,16,23,31-32H,3-4,11,15H2,1-2H3/b22-14+,28-26?;20-12+,28-25+. The van der Waals surface area contributed by atoms with Gasteiger partial charge in [0, 0.05) is 32.5 Å². The number of benzene rings is 4. The molecule has 8 rings (SSSR count). The molecule has 2 fully saturated rings. The van der Waals surface area contributed by atoms with Crippen LogP contribution >= 0.6 is 0 Å². The van der Waals surface area contributed by atoms with E-state index in [9.17, 15) is 19.1 Å². The van der Waals surface area contributed by atoms with E-state index in [0.29, 0.717) is 18.1 Å². The largest absolute Gasteiger partial charge is 0.495 e. The molecule has 0 amide bonds.